The number of hydrogen-bond donors (Lipinski definition) is 0. The second-order valence-electron chi connectivity index (χ2n) is 7.06. The van der Waals surface area contributed by atoms with Crippen LogP contribution < -0.4 is 0 Å². The van der Waals surface area contributed by atoms with E-state index in [-0.39, 0.29) is 17.0 Å². The van der Waals surface area contributed by atoms with Gasteiger partial charge < -0.3 is 9.47 Å². The number of epoxide rings is 2. The van der Waals surface area contributed by atoms with Crippen molar-refractivity contribution in [1.29, 1.82) is 0 Å². The molecule has 2 heterocycles. The molecule has 2 heteroatoms. The molecule has 0 atom stereocenters. The SMILES string of the molecule is CC1(C)CC23OC2(C=C1CC1CCCCC1)O3. The summed E-state index contributed by atoms with van der Waals surface area (Å²) in [5, 5.41) is 0. The number of allylic oxidation sites excluding steroid dienone is 1. The number of ether oxygens (including phenoxy) is 2. The van der Waals surface area contributed by atoms with Gasteiger partial charge in [0.1, 0.15) is 0 Å². The van der Waals surface area contributed by atoms with Gasteiger partial charge in [0.15, 0.2) is 0 Å². The molecule has 0 unspecified atom stereocenters. The molecule has 0 amide bonds. The molecule has 2 aliphatic carbocycles. The van der Waals surface area contributed by atoms with E-state index in [2.05, 4.69) is 19.9 Å². The predicted octanol–water partition coefficient (Wildman–Crippen LogP) is 3.77. The summed E-state index contributed by atoms with van der Waals surface area (Å²) < 4.78 is 11.4. The molecule has 17 heavy (non-hydrogen) atoms. The van der Waals surface area contributed by atoms with E-state index < -0.39 is 0 Å². The molecule has 0 aromatic carbocycles. The van der Waals surface area contributed by atoms with Crippen LogP contribution in [0.1, 0.15) is 58.8 Å². The number of rotatable bonds is 2. The van der Waals surface area contributed by atoms with Crippen molar-refractivity contribution in [3.8, 4) is 0 Å². The van der Waals surface area contributed by atoms with Gasteiger partial charge in [0.2, 0.25) is 11.6 Å². The first-order valence-corrected chi connectivity index (χ1v) is 7.18. The highest BCUT2D eigenvalue weighted by Crippen LogP contribution is 2.75. The molecule has 2 nitrogen and oxygen atoms in total. The maximum Gasteiger partial charge on any atom is 0.249 e. The van der Waals surface area contributed by atoms with Crippen molar-refractivity contribution in [3.05, 3.63) is 11.6 Å². The van der Waals surface area contributed by atoms with Crippen molar-refractivity contribution in [2.24, 2.45) is 11.3 Å². The molecule has 0 N–H and O–H groups in total. The highest BCUT2D eigenvalue weighted by Gasteiger charge is 2.91. The molecule has 0 spiro atoms. The summed E-state index contributed by atoms with van der Waals surface area (Å²) in [5.41, 5.74) is 1.86. The highest BCUT2D eigenvalue weighted by molar-refractivity contribution is 5.39. The minimum atomic E-state index is -0.244. The molecule has 1 saturated carbocycles. The molecule has 2 saturated heterocycles. The summed E-state index contributed by atoms with van der Waals surface area (Å²) in [6.45, 7) is 4.70. The molecule has 0 radical (unpaired) electrons. The largest absolute Gasteiger partial charge is 0.303 e. The first-order valence-electron chi connectivity index (χ1n) is 7.18. The third kappa shape index (κ3) is 1.40. The minimum absolute atomic E-state index is 0.174. The summed E-state index contributed by atoms with van der Waals surface area (Å²) in [6.07, 6.45) is 11.8. The second kappa shape index (κ2) is 2.97. The third-order valence-corrected chi connectivity index (χ3v) is 5.22. The van der Waals surface area contributed by atoms with Crippen LogP contribution in [0.2, 0.25) is 0 Å². The molecule has 4 aliphatic rings. The van der Waals surface area contributed by atoms with Crippen LogP contribution in [-0.4, -0.2) is 11.6 Å². The molecule has 4 rings (SSSR count). The normalized spacial score (nSPS) is 46.8. The van der Waals surface area contributed by atoms with Crippen molar-refractivity contribution in [2.45, 2.75) is 70.4 Å². The molecule has 2 aliphatic heterocycles. The van der Waals surface area contributed by atoms with Crippen LogP contribution >= 0.6 is 0 Å². The lowest BCUT2D eigenvalue weighted by molar-refractivity contribution is -0.0842. The average Bonchev–Trinajstić information content (AvgIpc) is 3.03. The van der Waals surface area contributed by atoms with Crippen LogP contribution in [0.3, 0.4) is 0 Å². The highest BCUT2D eigenvalue weighted by atomic mass is 17.0. The Morgan fingerprint density at radius 3 is 2.59 bits per heavy atom. The van der Waals surface area contributed by atoms with Gasteiger partial charge in [-0.15, -0.1) is 0 Å². The van der Waals surface area contributed by atoms with Gasteiger partial charge in [-0.1, -0.05) is 51.5 Å². The predicted molar refractivity (Wildman–Crippen MR) is 65.3 cm³/mol. The first kappa shape index (κ1) is 10.6. The fourth-order valence-corrected chi connectivity index (χ4v) is 3.97. The minimum Gasteiger partial charge on any atom is -0.303 e. The van der Waals surface area contributed by atoms with E-state index in [1.54, 1.807) is 5.57 Å². The molecule has 94 valence electrons. The fourth-order valence-electron chi connectivity index (χ4n) is 3.97. The van der Waals surface area contributed by atoms with Crippen molar-refractivity contribution in [1.82, 2.24) is 0 Å². The maximum atomic E-state index is 5.70. The van der Waals surface area contributed by atoms with Crippen molar-refractivity contribution < 1.29 is 9.47 Å². The summed E-state index contributed by atoms with van der Waals surface area (Å²) in [7, 11) is 0. The Balaban J connectivity index is 1.53. The zero-order chi connectivity index (χ0) is 11.7. The Morgan fingerprint density at radius 2 is 1.88 bits per heavy atom. The van der Waals surface area contributed by atoms with Gasteiger partial charge >= 0.3 is 0 Å². The van der Waals surface area contributed by atoms with Crippen LogP contribution in [0.25, 0.3) is 0 Å². The zero-order valence-electron chi connectivity index (χ0n) is 10.9. The van der Waals surface area contributed by atoms with E-state index in [1.807, 2.05) is 0 Å². The standard InChI is InChI=1S/C15H22O2/c1-13(2)10-15-14(16-15,17-15)9-12(13)8-11-6-4-3-5-7-11/h9,11H,3-8,10H2,1-2H3. The molecule has 0 aromatic rings. The first-order chi connectivity index (χ1) is 8.05. The second-order valence-corrected chi connectivity index (χ2v) is 7.06. The Hall–Kier alpha value is -0.340. The molecule has 0 bridgehead atoms. The Morgan fingerprint density at radius 1 is 1.18 bits per heavy atom. The topological polar surface area (TPSA) is 25.1 Å². The maximum absolute atomic E-state index is 5.70. The van der Waals surface area contributed by atoms with Gasteiger partial charge in [0, 0.05) is 6.42 Å². The van der Waals surface area contributed by atoms with E-state index in [4.69, 9.17) is 9.47 Å². The lowest BCUT2D eigenvalue weighted by Crippen LogP contribution is -2.25. The smallest absolute Gasteiger partial charge is 0.249 e. The van der Waals surface area contributed by atoms with E-state index in [9.17, 15) is 0 Å². The van der Waals surface area contributed by atoms with Crippen LogP contribution in [0.15, 0.2) is 11.6 Å². The summed E-state index contributed by atoms with van der Waals surface area (Å²) >= 11 is 0. The van der Waals surface area contributed by atoms with Crippen LogP contribution in [-0.2, 0) is 9.47 Å². The van der Waals surface area contributed by atoms with Crippen molar-refractivity contribution in [3.63, 3.8) is 0 Å². The zero-order valence-corrected chi connectivity index (χ0v) is 10.9. The fraction of sp³-hybridized carbons (Fsp3) is 0.867. The quantitative estimate of drug-likeness (QED) is 0.537. The van der Waals surface area contributed by atoms with Crippen molar-refractivity contribution >= 4 is 0 Å². The van der Waals surface area contributed by atoms with E-state index >= 15 is 0 Å². The van der Waals surface area contributed by atoms with E-state index in [1.165, 1.54) is 38.5 Å². The van der Waals surface area contributed by atoms with Gasteiger partial charge in [0.05, 0.1) is 0 Å². The Bertz CT molecular complexity index is 382. The molecule has 3 fully saturated rings. The summed E-state index contributed by atoms with van der Waals surface area (Å²) in [5.74, 6) is 0.495. The monoisotopic (exact) mass is 234 g/mol. The van der Waals surface area contributed by atoms with Crippen LogP contribution in [0, 0.1) is 11.3 Å². The lowest BCUT2D eigenvalue weighted by atomic mass is 9.71. The average molecular weight is 234 g/mol. The lowest BCUT2D eigenvalue weighted by Gasteiger charge is -2.32. The van der Waals surface area contributed by atoms with Gasteiger partial charge in [-0.2, -0.15) is 0 Å². The van der Waals surface area contributed by atoms with Gasteiger partial charge in [-0.25, -0.2) is 0 Å². The van der Waals surface area contributed by atoms with Crippen molar-refractivity contribution in [2.75, 3.05) is 0 Å². The van der Waals surface area contributed by atoms with Gasteiger partial charge in [-0.3, -0.25) is 0 Å². The van der Waals surface area contributed by atoms with Crippen LogP contribution in [0.5, 0.6) is 0 Å². The summed E-state index contributed by atoms with van der Waals surface area (Å²) in [6, 6.07) is 0. The summed E-state index contributed by atoms with van der Waals surface area (Å²) in [4.78, 5) is 0. The van der Waals surface area contributed by atoms with Gasteiger partial charge in [0.25, 0.3) is 0 Å². The van der Waals surface area contributed by atoms with Crippen LogP contribution in [0.4, 0.5) is 0 Å². The molecular weight excluding hydrogens is 212 g/mol. The number of hydrogen-bond acceptors (Lipinski definition) is 2. The van der Waals surface area contributed by atoms with Gasteiger partial charge in [-0.05, 0) is 23.8 Å². The molecular formula is C15H22O2. The van der Waals surface area contributed by atoms with E-state index in [0.717, 1.165) is 12.3 Å². The van der Waals surface area contributed by atoms with E-state index in [0.29, 0.717) is 0 Å². The Labute approximate surface area is 103 Å². The third-order valence-electron chi connectivity index (χ3n) is 5.22. The molecule has 0 aromatic heterocycles. The Kier molecular flexibility index (Phi) is 1.85.